The minimum Gasteiger partial charge on any atom is -0.506 e. The zero-order chi connectivity index (χ0) is 16.2. The summed E-state index contributed by atoms with van der Waals surface area (Å²) >= 11 is 6.21. The van der Waals surface area contributed by atoms with Crippen LogP contribution in [-0.4, -0.2) is 29.1 Å². The van der Waals surface area contributed by atoms with E-state index < -0.39 is 0 Å². The topological polar surface area (TPSA) is 65.5 Å². The summed E-state index contributed by atoms with van der Waals surface area (Å²) in [7, 11) is 0. The van der Waals surface area contributed by atoms with Crippen LogP contribution in [0.4, 0.5) is 5.69 Å². The van der Waals surface area contributed by atoms with Gasteiger partial charge in [-0.3, -0.25) is 9.78 Å². The van der Waals surface area contributed by atoms with Gasteiger partial charge in [0.15, 0.2) is 0 Å². The Balaban J connectivity index is 1.58. The normalized spacial score (nSPS) is 17.3. The van der Waals surface area contributed by atoms with Gasteiger partial charge in [0.25, 0.3) is 0 Å². The van der Waals surface area contributed by atoms with Gasteiger partial charge < -0.3 is 15.3 Å². The number of para-hydroxylation sites is 1. The lowest BCUT2D eigenvalue weighted by Crippen LogP contribution is -2.32. The second-order valence-corrected chi connectivity index (χ2v) is 5.98. The number of halogens is 1. The third kappa shape index (κ3) is 3.56. The van der Waals surface area contributed by atoms with Crippen LogP contribution >= 0.6 is 11.6 Å². The molecule has 120 valence electrons. The van der Waals surface area contributed by atoms with Gasteiger partial charge in [-0.2, -0.15) is 0 Å². The highest BCUT2D eigenvalue weighted by atomic mass is 35.5. The van der Waals surface area contributed by atoms with Gasteiger partial charge in [-0.05, 0) is 30.7 Å². The van der Waals surface area contributed by atoms with Crippen LogP contribution in [0.15, 0.2) is 42.6 Å². The third-order valence-corrected chi connectivity index (χ3v) is 4.37. The lowest BCUT2D eigenvalue weighted by molar-refractivity contribution is -0.124. The maximum absolute atomic E-state index is 12.3. The van der Waals surface area contributed by atoms with Crippen molar-refractivity contribution in [3.05, 3.63) is 53.3 Å². The molecule has 2 heterocycles. The number of aromatic hydroxyl groups is 1. The highest BCUT2D eigenvalue weighted by Crippen LogP contribution is 2.30. The van der Waals surface area contributed by atoms with Gasteiger partial charge in [0.2, 0.25) is 5.91 Å². The Morgan fingerprint density at radius 1 is 1.35 bits per heavy atom. The minimum absolute atomic E-state index is 0.0235. The molecule has 1 amide bonds. The molecule has 0 bridgehead atoms. The molecule has 1 aliphatic heterocycles. The van der Waals surface area contributed by atoms with Gasteiger partial charge in [0.05, 0.1) is 23.2 Å². The van der Waals surface area contributed by atoms with Crippen LogP contribution in [0.25, 0.3) is 0 Å². The van der Waals surface area contributed by atoms with E-state index in [0.717, 1.165) is 18.7 Å². The Morgan fingerprint density at radius 3 is 2.96 bits per heavy atom. The molecule has 1 aromatic heterocycles. The Kier molecular flexibility index (Phi) is 4.67. The van der Waals surface area contributed by atoms with E-state index in [1.807, 2.05) is 24.3 Å². The van der Waals surface area contributed by atoms with Crippen LogP contribution in [0.2, 0.25) is 5.02 Å². The van der Waals surface area contributed by atoms with Gasteiger partial charge in [0.1, 0.15) is 11.4 Å². The first-order chi connectivity index (χ1) is 11.1. The predicted octanol–water partition coefficient (Wildman–Crippen LogP) is 2.58. The van der Waals surface area contributed by atoms with Gasteiger partial charge in [-0.25, -0.2) is 0 Å². The summed E-state index contributed by atoms with van der Waals surface area (Å²) < 4.78 is 0. The molecular weight excluding hydrogens is 314 g/mol. The maximum Gasteiger partial charge on any atom is 0.225 e. The average Bonchev–Trinajstić information content (AvgIpc) is 3.04. The second kappa shape index (κ2) is 6.87. The molecule has 2 aromatic rings. The summed E-state index contributed by atoms with van der Waals surface area (Å²) in [5.41, 5.74) is 1.44. The Labute approximate surface area is 139 Å². The molecule has 0 unspecified atom stereocenters. The highest BCUT2D eigenvalue weighted by Gasteiger charge is 2.29. The Morgan fingerprint density at radius 2 is 2.17 bits per heavy atom. The smallest absolute Gasteiger partial charge is 0.225 e. The maximum atomic E-state index is 12.3. The van der Waals surface area contributed by atoms with Gasteiger partial charge >= 0.3 is 0 Å². The molecule has 0 saturated carbocycles. The van der Waals surface area contributed by atoms with E-state index in [0.29, 0.717) is 17.3 Å². The molecular formula is C17H18ClN3O2. The van der Waals surface area contributed by atoms with Crippen molar-refractivity contribution in [3.8, 4) is 5.75 Å². The van der Waals surface area contributed by atoms with E-state index in [-0.39, 0.29) is 24.1 Å². The summed E-state index contributed by atoms with van der Waals surface area (Å²) in [5, 5.41) is 13.2. The summed E-state index contributed by atoms with van der Waals surface area (Å²) in [6, 6.07) is 10.9. The van der Waals surface area contributed by atoms with Crippen molar-refractivity contribution in [2.45, 2.75) is 13.0 Å². The second-order valence-electron chi connectivity index (χ2n) is 5.57. The summed E-state index contributed by atoms with van der Waals surface area (Å²) in [6.07, 6.45) is 2.38. The Bertz CT molecular complexity index is 708. The lowest BCUT2D eigenvalue weighted by atomic mass is 10.1. The summed E-state index contributed by atoms with van der Waals surface area (Å²) in [4.78, 5) is 18.5. The number of pyridine rings is 1. The average molecular weight is 332 g/mol. The molecule has 23 heavy (non-hydrogen) atoms. The molecule has 6 heteroatoms. The Hall–Kier alpha value is -2.27. The van der Waals surface area contributed by atoms with Crippen molar-refractivity contribution in [1.29, 1.82) is 0 Å². The first-order valence-corrected chi connectivity index (χ1v) is 7.93. The number of rotatable bonds is 4. The standard InChI is InChI=1S/C17H18ClN3O2/c18-13-4-1-2-5-15(13)21-9-7-12(11-21)17(23)20-10-14-16(22)6-3-8-19-14/h1-6,8,12,22H,7,9-11H2,(H,20,23)/t12-/m1/s1. The zero-order valence-corrected chi connectivity index (χ0v) is 13.3. The van der Waals surface area contributed by atoms with E-state index in [9.17, 15) is 9.90 Å². The zero-order valence-electron chi connectivity index (χ0n) is 12.6. The molecule has 1 fully saturated rings. The predicted molar refractivity (Wildman–Crippen MR) is 89.5 cm³/mol. The number of nitrogens with one attached hydrogen (secondary N) is 1. The van der Waals surface area contributed by atoms with Crippen molar-refractivity contribution >= 4 is 23.2 Å². The molecule has 0 radical (unpaired) electrons. The van der Waals surface area contributed by atoms with Crippen molar-refractivity contribution < 1.29 is 9.90 Å². The van der Waals surface area contributed by atoms with Crippen LogP contribution in [0.1, 0.15) is 12.1 Å². The molecule has 5 nitrogen and oxygen atoms in total. The number of aromatic nitrogens is 1. The van der Waals surface area contributed by atoms with Crippen LogP contribution in [-0.2, 0) is 11.3 Å². The van der Waals surface area contributed by atoms with Crippen LogP contribution in [0.3, 0.4) is 0 Å². The van der Waals surface area contributed by atoms with Crippen molar-refractivity contribution in [1.82, 2.24) is 10.3 Å². The summed E-state index contributed by atoms with van der Waals surface area (Å²) in [5.74, 6) is -0.0151. The minimum atomic E-state index is -0.0860. The molecule has 1 aliphatic rings. The molecule has 1 aromatic carbocycles. The molecule has 2 N–H and O–H groups in total. The number of carbonyl (C=O) groups excluding carboxylic acids is 1. The van der Waals surface area contributed by atoms with Crippen LogP contribution in [0.5, 0.6) is 5.75 Å². The van der Waals surface area contributed by atoms with Crippen LogP contribution in [0, 0.1) is 5.92 Å². The van der Waals surface area contributed by atoms with Gasteiger partial charge in [-0.1, -0.05) is 23.7 Å². The van der Waals surface area contributed by atoms with Crippen molar-refractivity contribution in [3.63, 3.8) is 0 Å². The van der Waals surface area contributed by atoms with Gasteiger partial charge in [0, 0.05) is 19.3 Å². The number of benzene rings is 1. The quantitative estimate of drug-likeness (QED) is 0.903. The SMILES string of the molecule is O=C(NCc1ncccc1O)[C@@H]1CCN(c2ccccc2Cl)C1. The number of nitrogens with zero attached hydrogens (tertiary/aromatic N) is 2. The molecule has 0 aliphatic carbocycles. The van der Waals surface area contributed by atoms with E-state index in [1.165, 1.54) is 0 Å². The number of hydrogen-bond donors (Lipinski definition) is 2. The molecule has 0 spiro atoms. The fourth-order valence-corrected chi connectivity index (χ4v) is 3.04. The number of carbonyl (C=O) groups is 1. The number of anilines is 1. The highest BCUT2D eigenvalue weighted by molar-refractivity contribution is 6.33. The fraction of sp³-hybridized carbons (Fsp3) is 0.294. The van der Waals surface area contributed by atoms with Gasteiger partial charge in [-0.15, -0.1) is 0 Å². The monoisotopic (exact) mass is 331 g/mol. The van der Waals surface area contributed by atoms with Crippen LogP contribution < -0.4 is 10.2 Å². The van der Waals surface area contributed by atoms with E-state index in [1.54, 1.807) is 18.3 Å². The summed E-state index contributed by atoms with van der Waals surface area (Å²) in [6.45, 7) is 1.68. The largest absolute Gasteiger partial charge is 0.506 e. The lowest BCUT2D eigenvalue weighted by Gasteiger charge is -2.19. The van der Waals surface area contributed by atoms with E-state index in [2.05, 4.69) is 15.2 Å². The number of hydrogen-bond acceptors (Lipinski definition) is 4. The molecule has 3 rings (SSSR count). The molecule has 1 atom stereocenters. The van der Waals surface area contributed by atoms with Crippen molar-refractivity contribution in [2.75, 3.05) is 18.0 Å². The first kappa shape index (κ1) is 15.6. The molecule has 1 saturated heterocycles. The fourth-order valence-electron chi connectivity index (χ4n) is 2.78. The van der Waals surface area contributed by atoms with E-state index in [4.69, 9.17) is 11.6 Å². The van der Waals surface area contributed by atoms with E-state index >= 15 is 0 Å². The van der Waals surface area contributed by atoms with Crippen molar-refractivity contribution in [2.24, 2.45) is 5.92 Å². The first-order valence-electron chi connectivity index (χ1n) is 7.55. The third-order valence-electron chi connectivity index (χ3n) is 4.05. The number of amides is 1.